The molecule has 0 aromatic carbocycles. The quantitative estimate of drug-likeness (QED) is 0.0264. The van der Waals surface area contributed by atoms with E-state index in [1.807, 2.05) is 12.2 Å². The summed E-state index contributed by atoms with van der Waals surface area (Å²) in [5.41, 5.74) is 0. The van der Waals surface area contributed by atoms with Crippen molar-refractivity contribution in [1.82, 2.24) is 0 Å². The maximum absolute atomic E-state index is 12.7. The highest BCUT2D eigenvalue weighted by Crippen LogP contribution is 2.13. The second-order valence-corrected chi connectivity index (χ2v) is 16.0. The van der Waals surface area contributed by atoms with Gasteiger partial charge in [-0.3, -0.25) is 14.4 Å². The fourth-order valence-electron chi connectivity index (χ4n) is 6.55. The molecule has 0 rings (SSSR count). The van der Waals surface area contributed by atoms with Crippen LogP contribution in [0.1, 0.15) is 226 Å². The van der Waals surface area contributed by atoms with Crippen molar-refractivity contribution in [3.05, 3.63) is 72.9 Å². The van der Waals surface area contributed by atoms with Crippen molar-refractivity contribution >= 4 is 17.9 Å². The molecule has 0 saturated heterocycles. The predicted octanol–water partition coefficient (Wildman–Crippen LogP) is 15.9. The van der Waals surface area contributed by atoms with Crippen molar-refractivity contribution < 1.29 is 28.6 Å². The number of ether oxygens (including phenoxy) is 3. The number of hydrogen-bond acceptors (Lipinski definition) is 6. The van der Waals surface area contributed by atoms with Crippen molar-refractivity contribution in [1.29, 1.82) is 0 Å². The van der Waals surface area contributed by atoms with Crippen molar-refractivity contribution in [2.75, 3.05) is 13.2 Å². The van der Waals surface area contributed by atoms with E-state index in [1.54, 1.807) is 6.08 Å². The molecular weight excluding hydrogens is 733 g/mol. The second-order valence-electron chi connectivity index (χ2n) is 16.0. The molecule has 0 aromatic rings. The van der Waals surface area contributed by atoms with Gasteiger partial charge in [0.2, 0.25) is 0 Å². The van der Waals surface area contributed by atoms with Crippen LogP contribution in [0.2, 0.25) is 0 Å². The molecule has 0 heterocycles. The molecule has 6 nitrogen and oxygen atoms in total. The summed E-state index contributed by atoms with van der Waals surface area (Å²) in [5.74, 6) is -1.13. The van der Waals surface area contributed by atoms with Crippen LogP contribution in [-0.4, -0.2) is 37.2 Å². The number of allylic oxidation sites excluding steroid dienone is 11. The third kappa shape index (κ3) is 45.8. The van der Waals surface area contributed by atoms with Gasteiger partial charge in [0.1, 0.15) is 13.2 Å². The molecule has 1 atom stereocenters. The first-order valence-electron chi connectivity index (χ1n) is 24.4. The number of carbonyl (C=O) groups excluding carboxylic acids is 3. The smallest absolute Gasteiger partial charge is 0.309 e. The maximum atomic E-state index is 12.7. The molecule has 0 fully saturated rings. The lowest BCUT2D eigenvalue weighted by Gasteiger charge is -2.18. The topological polar surface area (TPSA) is 78.9 Å². The highest BCUT2D eigenvalue weighted by Gasteiger charge is 2.19. The van der Waals surface area contributed by atoms with Gasteiger partial charge in [-0.15, -0.1) is 0 Å². The Morgan fingerprint density at radius 3 is 1.27 bits per heavy atom. The molecule has 1 unspecified atom stereocenters. The van der Waals surface area contributed by atoms with Crippen LogP contribution in [0.25, 0.3) is 0 Å². The molecular formula is C53H90O6. The number of carbonyl (C=O) groups is 3. The lowest BCUT2D eigenvalue weighted by molar-refractivity contribution is -0.166. The number of rotatable bonds is 43. The van der Waals surface area contributed by atoms with Gasteiger partial charge in [0.05, 0.1) is 6.42 Å². The highest BCUT2D eigenvalue weighted by molar-refractivity contribution is 5.72. The maximum Gasteiger partial charge on any atom is 0.309 e. The van der Waals surface area contributed by atoms with Gasteiger partial charge in [-0.1, -0.05) is 203 Å². The van der Waals surface area contributed by atoms with Gasteiger partial charge in [-0.05, 0) is 77.0 Å². The fraction of sp³-hybridized carbons (Fsp3) is 0.717. The van der Waals surface area contributed by atoms with Crippen LogP contribution < -0.4 is 0 Å². The minimum Gasteiger partial charge on any atom is -0.462 e. The first-order chi connectivity index (χ1) is 29.0. The highest BCUT2D eigenvalue weighted by atomic mass is 16.6. The molecule has 0 bridgehead atoms. The number of esters is 3. The molecule has 0 aliphatic rings. The Morgan fingerprint density at radius 1 is 0.373 bits per heavy atom. The standard InChI is InChI=1S/C53H90O6/c1-4-7-10-13-16-19-21-23-24-25-26-27-28-30-31-34-37-40-43-46-52(55)58-49-50(48-57-51(54)45-42-39-36-33-18-15-12-9-6-3)59-53(56)47-44-41-38-35-32-29-22-20-17-14-11-8-5-2/h9,12,18,25-26,29,32-33,38-39,41-42,50H,4-8,10-11,13-17,19-24,27-28,30-31,34-37,40,43-49H2,1-3H3/b12-9-,26-25-,32-29-,33-18-,41-38-,42-39-. The van der Waals surface area contributed by atoms with E-state index in [9.17, 15) is 14.4 Å². The van der Waals surface area contributed by atoms with Crippen molar-refractivity contribution in [3.63, 3.8) is 0 Å². The Bertz CT molecular complexity index is 1130. The summed E-state index contributed by atoms with van der Waals surface area (Å²) >= 11 is 0. The summed E-state index contributed by atoms with van der Waals surface area (Å²) in [6, 6.07) is 0. The van der Waals surface area contributed by atoms with Crippen molar-refractivity contribution in [3.8, 4) is 0 Å². The molecule has 0 aliphatic heterocycles. The summed E-state index contributed by atoms with van der Waals surface area (Å²) < 4.78 is 16.5. The Labute approximate surface area is 363 Å². The lowest BCUT2D eigenvalue weighted by Crippen LogP contribution is -2.30. The molecule has 59 heavy (non-hydrogen) atoms. The van der Waals surface area contributed by atoms with Crippen LogP contribution in [0.3, 0.4) is 0 Å². The Balaban J connectivity index is 4.41. The first-order valence-corrected chi connectivity index (χ1v) is 24.4. The largest absolute Gasteiger partial charge is 0.462 e. The normalized spacial score (nSPS) is 12.7. The van der Waals surface area contributed by atoms with Gasteiger partial charge >= 0.3 is 17.9 Å². The summed E-state index contributed by atoms with van der Waals surface area (Å²) in [7, 11) is 0. The second kappa shape index (κ2) is 47.5. The monoisotopic (exact) mass is 823 g/mol. The van der Waals surface area contributed by atoms with Gasteiger partial charge in [0.25, 0.3) is 0 Å². The van der Waals surface area contributed by atoms with Crippen LogP contribution in [0.5, 0.6) is 0 Å². The van der Waals surface area contributed by atoms with Crippen LogP contribution >= 0.6 is 0 Å². The lowest BCUT2D eigenvalue weighted by atomic mass is 10.1. The van der Waals surface area contributed by atoms with Gasteiger partial charge in [-0.2, -0.15) is 0 Å². The third-order valence-electron chi connectivity index (χ3n) is 10.2. The van der Waals surface area contributed by atoms with E-state index < -0.39 is 18.0 Å². The third-order valence-corrected chi connectivity index (χ3v) is 10.2. The van der Waals surface area contributed by atoms with Gasteiger partial charge in [-0.25, -0.2) is 0 Å². The molecule has 6 heteroatoms. The van der Waals surface area contributed by atoms with Gasteiger partial charge < -0.3 is 14.2 Å². The Kier molecular flexibility index (Phi) is 45.0. The SMILES string of the molecule is CC/C=C\C/C=C\C/C=C\CC(=O)OCC(COC(=O)CCCCCCCCC/C=C\CCCCCCCCCC)OC(=O)CC/C=C\C/C=C\CCCCCCCC. The van der Waals surface area contributed by atoms with Gasteiger partial charge in [0.15, 0.2) is 6.10 Å². The molecule has 0 N–H and O–H groups in total. The first kappa shape index (κ1) is 55.9. The molecule has 0 amide bonds. The molecule has 338 valence electrons. The zero-order valence-electron chi connectivity index (χ0n) is 38.5. The average molecular weight is 823 g/mol. The summed E-state index contributed by atoms with van der Waals surface area (Å²) in [6.07, 6.45) is 59.4. The zero-order valence-corrected chi connectivity index (χ0v) is 38.5. The van der Waals surface area contributed by atoms with Crippen LogP contribution in [0.4, 0.5) is 0 Å². The van der Waals surface area contributed by atoms with E-state index in [4.69, 9.17) is 14.2 Å². The van der Waals surface area contributed by atoms with Crippen LogP contribution in [-0.2, 0) is 28.6 Å². The van der Waals surface area contributed by atoms with E-state index in [0.717, 1.165) is 51.4 Å². The molecule has 0 spiro atoms. The summed E-state index contributed by atoms with van der Waals surface area (Å²) in [4.78, 5) is 37.7. The zero-order chi connectivity index (χ0) is 43.0. The number of hydrogen-bond donors (Lipinski definition) is 0. The number of unbranched alkanes of at least 4 members (excludes halogenated alkanes) is 21. The predicted molar refractivity (Wildman–Crippen MR) is 251 cm³/mol. The van der Waals surface area contributed by atoms with Gasteiger partial charge in [0, 0.05) is 12.8 Å². The van der Waals surface area contributed by atoms with Crippen LogP contribution in [0.15, 0.2) is 72.9 Å². The molecule has 0 aromatic heterocycles. The van der Waals surface area contributed by atoms with E-state index in [-0.39, 0.29) is 32.0 Å². The minimum atomic E-state index is -0.840. The van der Waals surface area contributed by atoms with Crippen molar-refractivity contribution in [2.24, 2.45) is 0 Å². The molecule has 0 aliphatic carbocycles. The molecule has 0 saturated carbocycles. The average Bonchev–Trinajstić information content (AvgIpc) is 3.23. The summed E-state index contributed by atoms with van der Waals surface area (Å²) in [5, 5.41) is 0. The van der Waals surface area contributed by atoms with Crippen molar-refractivity contribution in [2.45, 2.75) is 232 Å². The fourth-order valence-corrected chi connectivity index (χ4v) is 6.55. The van der Waals surface area contributed by atoms with E-state index >= 15 is 0 Å². The van der Waals surface area contributed by atoms with E-state index in [2.05, 4.69) is 75.5 Å². The van der Waals surface area contributed by atoms with E-state index in [0.29, 0.717) is 12.8 Å². The molecule has 0 radical (unpaired) electrons. The Morgan fingerprint density at radius 2 is 0.763 bits per heavy atom. The summed E-state index contributed by atoms with van der Waals surface area (Å²) in [6.45, 7) is 6.35. The Hall–Kier alpha value is -3.15. The minimum absolute atomic E-state index is 0.124. The van der Waals surface area contributed by atoms with E-state index in [1.165, 1.54) is 128 Å². The van der Waals surface area contributed by atoms with Crippen LogP contribution in [0, 0.1) is 0 Å².